The predicted octanol–water partition coefficient (Wildman–Crippen LogP) is 2.90. The van der Waals surface area contributed by atoms with E-state index in [9.17, 15) is 14.0 Å². The first kappa shape index (κ1) is 19.1. The summed E-state index contributed by atoms with van der Waals surface area (Å²) in [6.07, 6.45) is 0. The van der Waals surface area contributed by atoms with Crippen LogP contribution in [-0.2, 0) is 6.54 Å². The molecule has 0 saturated carbocycles. The number of nitrogens with zero attached hydrogens (tertiary/aromatic N) is 2. The van der Waals surface area contributed by atoms with Gasteiger partial charge >= 0.3 is 5.63 Å². The summed E-state index contributed by atoms with van der Waals surface area (Å²) in [5, 5.41) is 0.718. The average Bonchev–Trinajstić information content (AvgIpc) is 2.73. The molecule has 1 aliphatic heterocycles. The van der Waals surface area contributed by atoms with E-state index in [-0.39, 0.29) is 23.0 Å². The van der Waals surface area contributed by atoms with E-state index in [1.54, 1.807) is 35.2 Å². The lowest BCUT2D eigenvalue weighted by Gasteiger charge is -2.34. The summed E-state index contributed by atoms with van der Waals surface area (Å²) >= 11 is 0. The molecule has 1 amide bonds. The molecule has 1 fully saturated rings. The van der Waals surface area contributed by atoms with E-state index in [4.69, 9.17) is 9.15 Å². The third-order valence-corrected chi connectivity index (χ3v) is 5.15. The Balaban J connectivity index is 1.42. The van der Waals surface area contributed by atoms with Gasteiger partial charge in [0.2, 0.25) is 0 Å². The van der Waals surface area contributed by atoms with E-state index in [1.807, 2.05) is 12.1 Å². The van der Waals surface area contributed by atoms with Crippen LogP contribution in [0.4, 0.5) is 4.39 Å². The highest BCUT2D eigenvalue weighted by atomic mass is 19.1. The molecule has 0 atom stereocenters. The number of hydrogen-bond acceptors (Lipinski definition) is 5. The molecule has 0 bridgehead atoms. The first-order valence-corrected chi connectivity index (χ1v) is 9.42. The second kappa shape index (κ2) is 8.05. The maximum Gasteiger partial charge on any atom is 0.349 e. The van der Waals surface area contributed by atoms with Gasteiger partial charge in [0.1, 0.15) is 11.1 Å². The van der Waals surface area contributed by atoms with Crippen molar-refractivity contribution in [2.45, 2.75) is 6.54 Å². The van der Waals surface area contributed by atoms with E-state index in [0.29, 0.717) is 38.3 Å². The second-order valence-electron chi connectivity index (χ2n) is 7.02. The SMILES string of the molecule is COc1ccc(CN2CCN(C(=O)c3cc4ccccc4oc3=O)CC2)cc1F. The van der Waals surface area contributed by atoms with Gasteiger partial charge < -0.3 is 14.1 Å². The van der Waals surface area contributed by atoms with Gasteiger partial charge in [-0.1, -0.05) is 24.3 Å². The zero-order chi connectivity index (χ0) is 20.4. The zero-order valence-corrected chi connectivity index (χ0v) is 16.1. The minimum atomic E-state index is -0.621. The molecule has 0 spiro atoms. The highest BCUT2D eigenvalue weighted by molar-refractivity contribution is 5.96. The Morgan fingerprint density at radius 2 is 1.86 bits per heavy atom. The molecular weight excluding hydrogens is 375 g/mol. The van der Waals surface area contributed by atoms with Crippen LogP contribution in [-0.4, -0.2) is 49.0 Å². The number of ether oxygens (including phenoxy) is 1. The van der Waals surface area contributed by atoms with Crippen LogP contribution in [0.25, 0.3) is 11.0 Å². The molecule has 1 saturated heterocycles. The molecular formula is C22H21FN2O4. The van der Waals surface area contributed by atoms with Gasteiger partial charge in [-0.3, -0.25) is 9.69 Å². The summed E-state index contributed by atoms with van der Waals surface area (Å²) in [6, 6.07) is 13.6. The number of halogens is 1. The van der Waals surface area contributed by atoms with E-state index in [1.165, 1.54) is 13.2 Å². The molecule has 0 radical (unpaired) electrons. The van der Waals surface area contributed by atoms with Gasteiger partial charge in [-0.05, 0) is 29.8 Å². The fraction of sp³-hybridized carbons (Fsp3) is 0.273. The Kier molecular flexibility index (Phi) is 5.31. The normalized spacial score (nSPS) is 14.9. The number of fused-ring (bicyclic) bond motifs is 1. The topological polar surface area (TPSA) is 63.0 Å². The Morgan fingerprint density at radius 1 is 1.10 bits per heavy atom. The zero-order valence-electron chi connectivity index (χ0n) is 16.1. The van der Waals surface area contributed by atoms with Gasteiger partial charge in [-0.25, -0.2) is 9.18 Å². The largest absolute Gasteiger partial charge is 0.494 e. The second-order valence-corrected chi connectivity index (χ2v) is 7.02. The summed E-state index contributed by atoms with van der Waals surface area (Å²) in [6.45, 7) is 2.84. The highest BCUT2D eigenvalue weighted by Crippen LogP contribution is 2.20. The molecule has 0 N–H and O–H groups in total. The monoisotopic (exact) mass is 396 g/mol. The van der Waals surface area contributed by atoms with Crippen LogP contribution in [0.2, 0.25) is 0 Å². The maximum atomic E-state index is 13.9. The van der Waals surface area contributed by atoms with Crippen molar-refractivity contribution in [1.82, 2.24) is 9.80 Å². The number of piperazine rings is 1. The Hall–Kier alpha value is -3.19. The van der Waals surface area contributed by atoms with Crippen molar-refractivity contribution in [3.05, 3.63) is 75.9 Å². The molecule has 0 unspecified atom stereocenters. The van der Waals surface area contributed by atoms with E-state index < -0.39 is 5.63 Å². The predicted molar refractivity (Wildman–Crippen MR) is 107 cm³/mol. The Labute approximate surface area is 167 Å². The molecule has 1 aromatic heterocycles. The lowest BCUT2D eigenvalue weighted by Crippen LogP contribution is -2.49. The van der Waals surface area contributed by atoms with Crippen molar-refractivity contribution in [2.24, 2.45) is 0 Å². The van der Waals surface area contributed by atoms with Gasteiger partial charge in [-0.2, -0.15) is 0 Å². The number of para-hydroxylation sites is 1. The van der Waals surface area contributed by atoms with Gasteiger partial charge in [-0.15, -0.1) is 0 Å². The molecule has 1 aliphatic rings. The number of rotatable bonds is 4. The van der Waals surface area contributed by atoms with E-state index in [0.717, 1.165) is 10.9 Å². The van der Waals surface area contributed by atoms with Crippen molar-refractivity contribution in [3.63, 3.8) is 0 Å². The molecule has 3 aromatic rings. The molecule has 7 heteroatoms. The van der Waals surface area contributed by atoms with E-state index in [2.05, 4.69) is 4.90 Å². The molecule has 4 rings (SSSR count). The lowest BCUT2D eigenvalue weighted by molar-refractivity contribution is 0.0624. The minimum Gasteiger partial charge on any atom is -0.494 e. The summed E-state index contributed by atoms with van der Waals surface area (Å²) in [5.74, 6) is -0.486. The first-order valence-electron chi connectivity index (χ1n) is 9.42. The number of carbonyl (C=O) groups excluding carboxylic acids is 1. The number of amides is 1. The van der Waals surface area contributed by atoms with Crippen LogP contribution < -0.4 is 10.4 Å². The third-order valence-electron chi connectivity index (χ3n) is 5.15. The van der Waals surface area contributed by atoms with Crippen LogP contribution >= 0.6 is 0 Å². The fourth-order valence-corrected chi connectivity index (χ4v) is 3.56. The number of methoxy groups -OCH3 is 1. The van der Waals surface area contributed by atoms with Crippen LogP contribution in [0.5, 0.6) is 5.75 Å². The first-order chi connectivity index (χ1) is 14.0. The summed E-state index contributed by atoms with van der Waals surface area (Å²) in [5.41, 5.74) is 0.739. The van der Waals surface area contributed by atoms with Crippen molar-refractivity contribution in [2.75, 3.05) is 33.3 Å². The van der Waals surface area contributed by atoms with Gasteiger partial charge in [0, 0.05) is 38.1 Å². The van der Waals surface area contributed by atoms with Crippen molar-refractivity contribution in [1.29, 1.82) is 0 Å². The molecule has 2 aromatic carbocycles. The van der Waals surface area contributed by atoms with Crippen molar-refractivity contribution >= 4 is 16.9 Å². The fourth-order valence-electron chi connectivity index (χ4n) is 3.56. The standard InChI is InChI=1S/C22H21FN2O4/c1-28-20-7-6-15(12-18(20)23)14-24-8-10-25(11-9-24)21(26)17-13-16-4-2-3-5-19(16)29-22(17)27/h2-7,12-13H,8-11,14H2,1H3. The minimum absolute atomic E-state index is 0.0503. The smallest absolute Gasteiger partial charge is 0.349 e. The quantitative estimate of drug-likeness (QED) is 0.635. The van der Waals surface area contributed by atoms with Gasteiger partial charge in [0.25, 0.3) is 5.91 Å². The lowest BCUT2D eigenvalue weighted by atomic mass is 10.1. The molecule has 0 aliphatic carbocycles. The molecule has 29 heavy (non-hydrogen) atoms. The van der Waals surface area contributed by atoms with Gasteiger partial charge in [0.05, 0.1) is 7.11 Å². The van der Waals surface area contributed by atoms with Crippen molar-refractivity contribution in [3.8, 4) is 5.75 Å². The van der Waals surface area contributed by atoms with Crippen LogP contribution in [0.1, 0.15) is 15.9 Å². The molecule has 2 heterocycles. The third kappa shape index (κ3) is 4.00. The average molecular weight is 396 g/mol. The van der Waals surface area contributed by atoms with Crippen molar-refractivity contribution < 1.29 is 18.3 Å². The van der Waals surface area contributed by atoms with E-state index >= 15 is 0 Å². The summed E-state index contributed by atoms with van der Waals surface area (Å²) < 4.78 is 24.1. The van der Waals surface area contributed by atoms with Crippen LogP contribution in [0, 0.1) is 5.82 Å². The van der Waals surface area contributed by atoms with Gasteiger partial charge in [0.15, 0.2) is 11.6 Å². The highest BCUT2D eigenvalue weighted by Gasteiger charge is 2.25. The number of benzene rings is 2. The Morgan fingerprint density at radius 3 is 2.59 bits per heavy atom. The molecule has 150 valence electrons. The number of carbonyl (C=O) groups is 1. The summed E-state index contributed by atoms with van der Waals surface area (Å²) in [4.78, 5) is 28.9. The number of hydrogen-bond donors (Lipinski definition) is 0. The Bertz CT molecular complexity index is 1100. The maximum absolute atomic E-state index is 13.9. The summed E-state index contributed by atoms with van der Waals surface area (Å²) in [7, 11) is 1.43. The van der Waals surface area contributed by atoms with Crippen LogP contribution in [0.3, 0.4) is 0 Å². The molecule has 6 nitrogen and oxygen atoms in total. The van der Waals surface area contributed by atoms with Crippen LogP contribution in [0.15, 0.2) is 57.7 Å².